The Morgan fingerprint density at radius 1 is 1.69 bits per heavy atom. The number of aromatic nitrogens is 1. The van der Waals surface area contributed by atoms with Gasteiger partial charge in [-0.05, 0) is 13.8 Å². The highest BCUT2D eigenvalue weighted by molar-refractivity contribution is 5.85. The minimum atomic E-state index is -0.112. The largest absolute Gasteiger partial charge is 0.361 e. The number of nitrogens with two attached hydrogens (primary N) is 1. The molecule has 0 aromatic carbocycles. The molecule has 1 aromatic heterocycles. The van der Waals surface area contributed by atoms with Crippen LogP contribution in [-0.4, -0.2) is 29.1 Å². The van der Waals surface area contributed by atoms with Gasteiger partial charge in [-0.1, -0.05) is 5.16 Å². The first-order valence-corrected chi connectivity index (χ1v) is 4.90. The Morgan fingerprint density at radius 3 is 2.75 bits per heavy atom. The molecule has 0 radical (unpaired) electrons. The predicted octanol–water partition coefficient (Wildman–Crippen LogP) is 1.10. The Labute approximate surface area is 101 Å². The summed E-state index contributed by atoms with van der Waals surface area (Å²) in [4.78, 5) is 13.2. The lowest BCUT2D eigenvalue weighted by Crippen LogP contribution is -2.31. The fourth-order valence-electron chi connectivity index (χ4n) is 1.25. The van der Waals surface area contributed by atoms with Crippen LogP contribution in [0.5, 0.6) is 0 Å². The van der Waals surface area contributed by atoms with Gasteiger partial charge < -0.3 is 15.2 Å². The number of carbonyl (C=O) groups excluding carboxylic acids is 1. The molecule has 5 nitrogen and oxygen atoms in total. The number of aryl methyl sites for hydroxylation is 1. The molecule has 0 bridgehead atoms. The summed E-state index contributed by atoms with van der Waals surface area (Å²) in [6.45, 7) is 4.09. The van der Waals surface area contributed by atoms with Crippen molar-refractivity contribution in [3.63, 3.8) is 0 Å². The van der Waals surface area contributed by atoms with Gasteiger partial charge in [0.1, 0.15) is 11.5 Å². The molecular formula is C10H18ClN3O2. The van der Waals surface area contributed by atoms with Crippen LogP contribution in [-0.2, 0) is 11.3 Å². The van der Waals surface area contributed by atoms with E-state index in [2.05, 4.69) is 5.16 Å². The van der Waals surface area contributed by atoms with Crippen molar-refractivity contribution in [2.75, 3.05) is 7.05 Å². The van der Waals surface area contributed by atoms with Gasteiger partial charge in [-0.25, -0.2) is 0 Å². The molecular weight excluding hydrogens is 230 g/mol. The third kappa shape index (κ3) is 4.63. The predicted molar refractivity (Wildman–Crippen MR) is 63.2 cm³/mol. The highest BCUT2D eigenvalue weighted by Crippen LogP contribution is 2.05. The maximum atomic E-state index is 11.6. The average Bonchev–Trinajstić information content (AvgIpc) is 2.50. The van der Waals surface area contributed by atoms with Gasteiger partial charge in [0.2, 0.25) is 5.91 Å². The fraction of sp³-hybridized carbons (Fsp3) is 0.600. The van der Waals surface area contributed by atoms with Crippen molar-refractivity contribution in [3.8, 4) is 0 Å². The van der Waals surface area contributed by atoms with Crippen LogP contribution in [0.1, 0.15) is 24.8 Å². The third-order valence-electron chi connectivity index (χ3n) is 2.00. The summed E-state index contributed by atoms with van der Waals surface area (Å²) in [6, 6.07) is 1.70. The van der Waals surface area contributed by atoms with Crippen molar-refractivity contribution in [2.45, 2.75) is 32.9 Å². The summed E-state index contributed by atoms with van der Waals surface area (Å²) in [5.41, 5.74) is 6.30. The topological polar surface area (TPSA) is 72.4 Å². The number of halogens is 1. The monoisotopic (exact) mass is 247 g/mol. The molecule has 1 rings (SSSR count). The standard InChI is InChI=1S/C10H17N3O2.ClH/c1-7(11)4-10(14)13(3)6-9-5-8(2)15-12-9;/h5,7H,4,6,11H2,1-3H3;1H. The molecule has 0 fully saturated rings. The Balaban J connectivity index is 0.00000225. The van der Waals surface area contributed by atoms with Crippen molar-refractivity contribution < 1.29 is 9.32 Å². The molecule has 1 heterocycles. The van der Waals surface area contributed by atoms with Crippen LogP contribution in [0.2, 0.25) is 0 Å². The molecule has 0 aliphatic heterocycles. The second-order valence-electron chi connectivity index (χ2n) is 3.86. The Morgan fingerprint density at radius 2 is 2.31 bits per heavy atom. The minimum Gasteiger partial charge on any atom is -0.361 e. The molecule has 6 heteroatoms. The second kappa shape index (κ2) is 6.50. The van der Waals surface area contributed by atoms with Crippen molar-refractivity contribution in [1.29, 1.82) is 0 Å². The van der Waals surface area contributed by atoms with Crippen molar-refractivity contribution in [3.05, 3.63) is 17.5 Å². The van der Waals surface area contributed by atoms with Crippen LogP contribution < -0.4 is 5.73 Å². The summed E-state index contributed by atoms with van der Waals surface area (Å²) in [6.07, 6.45) is 0.354. The molecule has 0 aliphatic carbocycles. The van der Waals surface area contributed by atoms with Gasteiger partial charge in [0, 0.05) is 25.6 Å². The number of carbonyl (C=O) groups is 1. The average molecular weight is 248 g/mol. The molecule has 0 spiro atoms. The summed E-state index contributed by atoms with van der Waals surface area (Å²) in [5.74, 6) is 0.767. The second-order valence-corrected chi connectivity index (χ2v) is 3.86. The Hall–Kier alpha value is -1.07. The quantitative estimate of drug-likeness (QED) is 0.865. The van der Waals surface area contributed by atoms with Crippen LogP contribution in [0, 0.1) is 6.92 Å². The van der Waals surface area contributed by atoms with Crippen LogP contribution in [0.3, 0.4) is 0 Å². The molecule has 1 unspecified atom stereocenters. The van der Waals surface area contributed by atoms with E-state index in [1.54, 1.807) is 11.9 Å². The van der Waals surface area contributed by atoms with Gasteiger partial charge in [-0.15, -0.1) is 12.4 Å². The summed E-state index contributed by atoms with van der Waals surface area (Å²) < 4.78 is 4.91. The first-order chi connectivity index (χ1) is 6.99. The Kier molecular flexibility index (Phi) is 6.06. The van der Waals surface area contributed by atoms with E-state index in [9.17, 15) is 4.79 Å². The molecule has 0 aliphatic rings. The molecule has 1 amide bonds. The first-order valence-electron chi connectivity index (χ1n) is 4.90. The van der Waals surface area contributed by atoms with Crippen LogP contribution >= 0.6 is 12.4 Å². The number of rotatable bonds is 4. The van der Waals surface area contributed by atoms with E-state index >= 15 is 0 Å². The molecule has 0 saturated carbocycles. The van der Waals surface area contributed by atoms with E-state index < -0.39 is 0 Å². The molecule has 2 N–H and O–H groups in total. The van der Waals surface area contributed by atoms with E-state index in [0.29, 0.717) is 13.0 Å². The smallest absolute Gasteiger partial charge is 0.224 e. The first kappa shape index (κ1) is 14.9. The summed E-state index contributed by atoms with van der Waals surface area (Å²) in [7, 11) is 1.73. The molecule has 16 heavy (non-hydrogen) atoms. The number of nitrogens with zero attached hydrogens (tertiary/aromatic N) is 2. The zero-order valence-corrected chi connectivity index (χ0v) is 10.6. The zero-order chi connectivity index (χ0) is 11.4. The van der Waals surface area contributed by atoms with E-state index in [0.717, 1.165) is 11.5 Å². The maximum Gasteiger partial charge on any atom is 0.224 e. The lowest BCUT2D eigenvalue weighted by atomic mass is 10.2. The normalized spacial score (nSPS) is 11.8. The van der Waals surface area contributed by atoms with Crippen molar-refractivity contribution in [2.24, 2.45) is 5.73 Å². The summed E-state index contributed by atoms with van der Waals surface area (Å²) in [5, 5.41) is 3.82. The molecule has 1 atom stereocenters. The van der Waals surface area contributed by atoms with E-state index in [1.807, 2.05) is 19.9 Å². The van der Waals surface area contributed by atoms with Crippen LogP contribution in [0.25, 0.3) is 0 Å². The Bertz CT molecular complexity index is 339. The highest BCUT2D eigenvalue weighted by atomic mass is 35.5. The molecule has 1 aromatic rings. The minimum absolute atomic E-state index is 0. The van der Waals surface area contributed by atoms with Gasteiger partial charge in [0.15, 0.2) is 0 Å². The van der Waals surface area contributed by atoms with Gasteiger partial charge >= 0.3 is 0 Å². The van der Waals surface area contributed by atoms with Gasteiger partial charge in [-0.3, -0.25) is 4.79 Å². The van der Waals surface area contributed by atoms with Gasteiger partial charge in [-0.2, -0.15) is 0 Å². The van der Waals surface area contributed by atoms with E-state index in [4.69, 9.17) is 10.3 Å². The number of amides is 1. The lowest BCUT2D eigenvalue weighted by molar-refractivity contribution is -0.130. The molecule has 0 saturated heterocycles. The van der Waals surface area contributed by atoms with Gasteiger partial charge in [0.25, 0.3) is 0 Å². The zero-order valence-electron chi connectivity index (χ0n) is 9.77. The number of hydrogen-bond acceptors (Lipinski definition) is 4. The van der Waals surface area contributed by atoms with Crippen molar-refractivity contribution in [1.82, 2.24) is 10.1 Å². The molecule has 92 valence electrons. The van der Waals surface area contributed by atoms with Gasteiger partial charge in [0.05, 0.1) is 6.54 Å². The van der Waals surface area contributed by atoms with Crippen LogP contribution in [0.4, 0.5) is 0 Å². The fourth-order valence-corrected chi connectivity index (χ4v) is 1.25. The highest BCUT2D eigenvalue weighted by Gasteiger charge is 2.12. The SMILES string of the molecule is Cc1cc(CN(C)C(=O)CC(C)N)no1.Cl. The third-order valence-corrected chi connectivity index (χ3v) is 2.00. The van der Waals surface area contributed by atoms with E-state index in [1.165, 1.54) is 0 Å². The summed E-state index contributed by atoms with van der Waals surface area (Å²) >= 11 is 0. The maximum absolute atomic E-state index is 11.6. The van der Waals surface area contributed by atoms with E-state index in [-0.39, 0.29) is 24.4 Å². The van der Waals surface area contributed by atoms with Crippen molar-refractivity contribution >= 4 is 18.3 Å². The number of hydrogen-bond donors (Lipinski definition) is 1. The van der Waals surface area contributed by atoms with Crippen LogP contribution in [0.15, 0.2) is 10.6 Å². The lowest BCUT2D eigenvalue weighted by Gasteiger charge is -2.16.